The monoisotopic (exact) mass is 688 g/mol. The average molecular weight is 689 g/mol. The summed E-state index contributed by atoms with van der Waals surface area (Å²) >= 11 is 0. The summed E-state index contributed by atoms with van der Waals surface area (Å²) in [6.07, 6.45) is 1.23. The van der Waals surface area contributed by atoms with Crippen molar-refractivity contribution >= 4 is 17.4 Å². The lowest BCUT2D eigenvalue weighted by atomic mass is 9.92. The van der Waals surface area contributed by atoms with Crippen LogP contribution in [0.25, 0.3) is 28.0 Å². The van der Waals surface area contributed by atoms with Crippen LogP contribution in [0.15, 0.2) is 42.6 Å². The van der Waals surface area contributed by atoms with Gasteiger partial charge in [-0.2, -0.15) is 5.26 Å². The van der Waals surface area contributed by atoms with Crippen LogP contribution in [0.5, 0.6) is 5.75 Å². The largest absolute Gasteiger partial charge is 0.488 e. The van der Waals surface area contributed by atoms with Crippen molar-refractivity contribution in [3.05, 3.63) is 70.9 Å². The molecule has 0 radical (unpaired) electrons. The number of nitriles is 1. The number of carboxylic acids is 1. The van der Waals surface area contributed by atoms with Gasteiger partial charge in [0.25, 0.3) is 0 Å². The Labute approximate surface area is 290 Å². The molecule has 3 aliphatic rings. The van der Waals surface area contributed by atoms with Crippen molar-refractivity contribution in [2.45, 2.75) is 77.8 Å². The lowest BCUT2D eigenvalue weighted by Gasteiger charge is -2.41. The molecule has 3 aliphatic heterocycles. The number of rotatable bonds is 3. The Hall–Kier alpha value is -4.57. The molecule has 6 bridgehead atoms. The van der Waals surface area contributed by atoms with Gasteiger partial charge in [0.1, 0.15) is 23.7 Å². The van der Waals surface area contributed by atoms with E-state index in [2.05, 4.69) is 17.9 Å². The van der Waals surface area contributed by atoms with Crippen LogP contribution in [0.1, 0.15) is 70.3 Å². The summed E-state index contributed by atoms with van der Waals surface area (Å²) in [7, 11) is 0. The number of nitrogens with zero attached hydrogens (tertiary/aromatic N) is 4. The maximum absolute atomic E-state index is 14.7. The van der Waals surface area contributed by atoms with E-state index >= 15 is 0 Å². The molecule has 10 nitrogen and oxygen atoms in total. The Bertz CT molecular complexity index is 1970. The van der Waals surface area contributed by atoms with Crippen molar-refractivity contribution in [1.82, 2.24) is 9.38 Å². The number of ether oxygens (including phenoxy) is 4. The lowest BCUT2D eigenvalue weighted by molar-refractivity contribution is -0.160. The van der Waals surface area contributed by atoms with Crippen molar-refractivity contribution in [3.8, 4) is 34.2 Å². The summed E-state index contributed by atoms with van der Waals surface area (Å²) in [4.78, 5) is 20.0. The number of benzene rings is 2. The van der Waals surface area contributed by atoms with Gasteiger partial charge >= 0.3 is 5.97 Å². The highest BCUT2D eigenvalue weighted by molar-refractivity contribution is 5.83. The minimum atomic E-state index is -1.38. The van der Waals surface area contributed by atoms with Gasteiger partial charge in [0, 0.05) is 42.0 Å². The Morgan fingerprint density at radius 3 is 2.52 bits per heavy atom. The molecule has 0 saturated carbocycles. The Kier molecular flexibility index (Phi) is 9.61. The second-order valence-corrected chi connectivity index (χ2v) is 14.2. The Morgan fingerprint density at radius 1 is 1.14 bits per heavy atom. The molecule has 1 N–H and O–H groups in total. The fourth-order valence-corrected chi connectivity index (χ4v) is 6.69. The van der Waals surface area contributed by atoms with Crippen molar-refractivity contribution in [2.75, 3.05) is 37.8 Å². The maximum atomic E-state index is 14.7. The maximum Gasteiger partial charge on any atom is 0.337 e. The summed E-state index contributed by atoms with van der Waals surface area (Å²) in [5.74, 6) is -2.50. The van der Waals surface area contributed by atoms with E-state index in [1.165, 1.54) is 0 Å². The number of hydrogen-bond donors (Lipinski definition) is 1. The van der Waals surface area contributed by atoms with E-state index in [4.69, 9.17) is 23.9 Å². The van der Waals surface area contributed by atoms with Crippen LogP contribution in [0.2, 0.25) is 0 Å². The number of anilines is 1. The standard InChI is InChI=1S/C38H42F2N4O6/c1-22-21-47-14-15-48-38(6)10-12-43(13-11-38)35-32(33(36(45)46)50-37(3,4)5)23(2)27(19-41)34-42-30(20-44(34)35)25-9-7-8-24(16-25)26-17-28(39)29(40)18-31(26)49-22/h7-9,16-18,20,22,33H,10-15,21H2,1-6H3,(H,45,46)/t22-,33-/m0/s1. The zero-order valence-electron chi connectivity index (χ0n) is 29.2. The normalized spacial score (nSPS) is 20.6. The first-order chi connectivity index (χ1) is 23.7. The number of hydrogen-bond acceptors (Lipinski definition) is 8. The second-order valence-electron chi connectivity index (χ2n) is 14.2. The topological polar surface area (TPSA) is 119 Å². The summed E-state index contributed by atoms with van der Waals surface area (Å²) in [5.41, 5.74) is 2.21. The van der Waals surface area contributed by atoms with Gasteiger partial charge in [-0.1, -0.05) is 18.2 Å². The quantitative estimate of drug-likeness (QED) is 0.222. The Balaban J connectivity index is 1.60. The Morgan fingerprint density at radius 2 is 1.84 bits per heavy atom. The van der Waals surface area contributed by atoms with E-state index in [0.717, 1.165) is 12.1 Å². The summed E-state index contributed by atoms with van der Waals surface area (Å²) in [6.45, 7) is 12.9. The third-order valence-corrected chi connectivity index (χ3v) is 9.22. The summed E-state index contributed by atoms with van der Waals surface area (Å²) in [6, 6.07) is 11.6. The zero-order valence-corrected chi connectivity index (χ0v) is 29.2. The average Bonchev–Trinajstić information content (AvgIpc) is 3.49. The molecule has 12 heteroatoms. The smallest absolute Gasteiger partial charge is 0.337 e. The van der Waals surface area contributed by atoms with Gasteiger partial charge in [0.2, 0.25) is 0 Å². The first kappa shape index (κ1) is 35.3. The molecule has 0 unspecified atom stereocenters. The molecular formula is C38H42F2N4O6. The van der Waals surface area contributed by atoms with Crippen LogP contribution < -0.4 is 9.64 Å². The van der Waals surface area contributed by atoms with Crippen molar-refractivity contribution in [3.63, 3.8) is 0 Å². The molecule has 0 amide bonds. The minimum Gasteiger partial charge on any atom is -0.488 e. The van der Waals surface area contributed by atoms with E-state index in [0.29, 0.717) is 84.1 Å². The van der Waals surface area contributed by atoms with Gasteiger partial charge in [-0.15, -0.1) is 0 Å². The van der Waals surface area contributed by atoms with Gasteiger partial charge in [0.05, 0.1) is 42.3 Å². The van der Waals surface area contributed by atoms with E-state index in [9.17, 15) is 23.9 Å². The molecule has 2 aromatic carbocycles. The third-order valence-electron chi connectivity index (χ3n) is 9.22. The molecule has 5 heterocycles. The molecular weight excluding hydrogens is 646 g/mol. The first-order valence-corrected chi connectivity index (χ1v) is 16.8. The highest BCUT2D eigenvalue weighted by Crippen LogP contribution is 2.42. The van der Waals surface area contributed by atoms with Crippen LogP contribution in [0, 0.1) is 29.9 Å². The predicted octanol–water partition coefficient (Wildman–Crippen LogP) is 7.24. The molecule has 4 aromatic rings. The fourth-order valence-electron chi connectivity index (χ4n) is 6.69. The number of piperidine rings is 1. The van der Waals surface area contributed by atoms with Crippen molar-refractivity contribution in [2.24, 2.45) is 0 Å². The summed E-state index contributed by atoms with van der Waals surface area (Å²) < 4.78 is 55.4. The van der Waals surface area contributed by atoms with E-state index in [-0.39, 0.29) is 17.9 Å². The SMILES string of the molecule is Cc1c([C@H](OC(C)(C)C)C(=O)O)c2n3cc(nc3c1C#N)-c1cccc(c1)-c1cc(F)c(F)cc1O[C@@H](C)COCCOC1(C)CCN2CC1. The van der Waals surface area contributed by atoms with Crippen LogP contribution in [0.4, 0.5) is 14.6 Å². The van der Waals surface area contributed by atoms with E-state index in [1.54, 1.807) is 63.4 Å². The van der Waals surface area contributed by atoms with Gasteiger partial charge in [-0.25, -0.2) is 18.6 Å². The number of imidazole rings is 1. The number of carboxylic acid groups (broad SMARTS) is 1. The molecule has 0 spiro atoms. The highest BCUT2D eigenvalue weighted by atomic mass is 19.2. The van der Waals surface area contributed by atoms with Crippen LogP contribution >= 0.6 is 0 Å². The number of halogens is 2. The number of aromatic nitrogens is 2. The minimum absolute atomic E-state index is 0.156. The van der Waals surface area contributed by atoms with Crippen LogP contribution in [-0.2, 0) is 19.0 Å². The zero-order chi connectivity index (χ0) is 36.0. The highest BCUT2D eigenvalue weighted by Gasteiger charge is 2.38. The van der Waals surface area contributed by atoms with Crippen LogP contribution in [0.3, 0.4) is 0 Å². The van der Waals surface area contributed by atoms with Crippen LogP contribution in [-0.4, -0.2) is 70.7 Å². The summed E-state index contributed by atoms with van der Waals surface area (Å²) in [5, 5.41) is 21.0. The number of aliphatic carboxylic acids is 1. The fraction of sp³-hybridized carbons (Fsp3) is 0.447. The molecule has 2 atom stereocenters. The number of fused-ring (bicyclic) bond motifs is 8. The predicted molar refractivity (Wildman–Crippen MR) is 183 cm³/mol. The van der Waals surface area contributed by atoms with Crippen molar-refractivity contribution < 1.29 is 37.6 Å². The van der Waals surface area contributed by atoms with Crippen molar-refractivity contribution in [1.29, 1.82) is 5.26 Å². The second kappa shape index (κ2) is 13.6. The molecule has 2 aromatic heterocycles. The molecule has 50 heavy (non-hydrogen) atoms. The lowest BCUT2D eigenvalue weighted by Crippen LogP contribution is -2.46. The van der Waals surface area contributed by atoms with E-state index in [1.807, 2.05) is 6.07 Å². The first-order valence-electron chi connectivity index (χ1n) is 16.8. The van der Waals surface area contributed by atoms with Gasteiger partial charge < -0.3 is 29.0 Å². The molecule has 264 valence electrons. The third kappa shape index (κ3) is 7.03. The van der Waals surface area contributed by atoms with Gasteiger partial charge in [-0.05, 0) is 77.6 Å². The number of pyridine rings is 1. The van der Waals surface area contributed by atoms with E-state index < -0.39 is 41.0 Å². The number of carbonyl (C=O) groups is 1. The molecule has 7 rings (SSSR count). The molecule has 0 aliphatic carbocycles. The molecule has 1 fully saturated rings. The molecule has 1 saturated heterocycles. The van der Waals surface area contributed by atoms with Gasteiger partial charge in [-0.3, -0.25) is 4.40 Å². The van der Waals surface area contributed by atoms with Gasteiger partial charge in [0.15, 0.2) is 23.4 Å².